The summed E-state index contributed by atoms with van der Waals surface area (Å²) in [6.45, 7) is 8.68. The van der Waals surface area contributed by atoms with Crippen LogP contribution in [0.15, 0.2) is 0 Å². The highest BCUT2D eigenvalue weighted by molar-refractivity contribution is 4.89. The van der Waals surface area contributed by atoms with E-state index in [-0.39, 0.29) is 0 Å². The zero-order chi connectivity index (χ0) is 9.35. The quantitative estimate of drug-likeness (QED) is 0.641. The van der Waals surface area contributed by atoms with E-state index in [1.54, 1.807) is 0 Å². The first kappa shape index (κ1) is 10.0. The maximum absolute atomic E-state index is 10.2. The van der Waals surface area contributed by atoms with Crippen molar-refractivity contribution in [1.82, 2.24) is 0 Å². The molecule has 1 aliphatic rings. The molecule has 0 unspecified atom stereocenters. The summed E-state index contributed by atoms with van der Waals surface area (Å²) in [7, 11) is 0. The van der Waals surface area contributed by atoms with Gasteiger partial charge in [0.25, 0.3) is 0 Å². The number of hydrogen-bond acceptors (Lipinski definition) is 1. The first-order chi connectivity index (χ1) is 5.43. The fourth-order valence-corrected chi connectivity index (χ4v) is 2.79. The van der Waals surface area contributed by atoms with Crippen LogP contribution in [0.2, 0.25) is 0 Å². The van der Waals surface area contributed by atoms with Gasteiger partial charge in [0.1, 0.15) is 0 Å². The minimum atomic E-state index is -0.411. The van der Waals surface area contributed by atoms with Crippen LogP contribution in [0.4, 0.5) is 0 Å². The van der Waals surface area contributed by atoms with E-state index in [4.69, 9.17) is 0 Å². The minimum Gasteiger partial charge on any atom is -0.390 e. The summed E-state index contributed by atoms with van der Waals surface area (Å²) < 4.78 is 0. The molecular weight excluding hydrogens is 148 g/mol. The van der Waals surface area contributed by atoms with E-state index in [2.05, 4.69) is 20.8 Å². The number of aliphatic hydroxyl groups is 1. The van der Waals surface area contributed by atoms with Gasteiger partial charge in [-0.2, -0.15) is 0 Å². The van der Waals surface area contributed by atoms with Crippen molar-refractivity contribution in [1.29, 1.82) is 0 Å². The Hall–Kier alpha value is -0.0400. The third-order valence-electron chi connectivity index (χ3n) is 3.34. The van der Waals surface area contributed by atoms with Crippen LogP contribution in [0, 0.1) is 17.8 Å². The molecule has 0 aromatic carbocycles. The topological polar surface area (TPSA) is 20.2 Å². The molecule has 0 amide bonds. The summed E-state index contributed by atoms with van der Waals surface area (Å²) >= 11 is 0. The molecule has 0 saturated heterocycles. The van der Waals surface area contributed by atoms with Crippen molar-refractivity contribution < 1.29 is 5.11 Å². The van der Waals surface area contributed by atoms with E-state index < -0.39 is 5.60 Å². The standard InChI is InChI=1S/C11H22O/c1-8(2)10-6-5-9(3)7-11(10,4)12/h8-10,12H,5-7H2,1-4H3/t9-,10+,11-/m0/s1. The highest BCUT2D eigenvalue weighted by atomic mass is 16.3. The summed E-state index contributed by atoms with van der Waals surface area (Å²) in [5.74, 6) is 1.83. The van der Waals surface area contributed by atoms with Gasteiger partial charge in [-0.1, -0.05) is 27.2 Å². The Morgan fingerprint density at radius 2 is 1.92 bits per heavy atom. The van der Waals surface area contributed by atoms with Crippen molar-refractivity contribution in [2.45, 2.75) is 52.6 Å². The Morgan fingerprint density at radius 1 is 1.33 bits per heavy atom. The molecule has 1 rings (SSSR count). The Kier molecular flexibility index (Phi) is 2.82. The molecule has 1 heteroatoms. The molecule has 1 aliphatic carbocycles. The minimum absolute atomic E-state index is 0.411. The van der Waals surface area contributed by atoms with Crippen molar-refractivity contribution in [2.75, 3.05) is 0 Å². The van der Waals surface area contributed by atoms with Crippen LogP contribution in [-0.2, 0) is 0 Å². The van der Waals surface area contributed by atoms with Crippen LogP contribution in [-0.4, -0.2) is 10.7 Å². The van der Waals surface area contributed by atoms with Gasteiger partial charge in [0, 0.05) is 0 Å². The van der Waals surface area contributed by atoms with Gasteiger partial charge in [-0.3, -0.25) is 0 Å². The third kappa shape index (κ3) is 2.01. The lowest BCUT2D eigenvalue weighted by Crippen LogP contribution is -2.42. The average Bonchev–Trinajstić information content (AvgIpc) is 1.82. The second-order valence-electron chi connectivity index (χ2n) is 5.09. The van der Waals surface area contributed by atoms with Gasteiger partial charge >= 0.3 is 0 Å². The molecule has 0 heterocycles. The molecule has 0 aromatic rings. The van der Waals surface area contributed by atoms with Crippen molar-refractivity contribution in [3.8, 4) is 0 Å². The monoisotopic (exact) mass is 170 g/mol. The van der Waals surface area contributed by atoms with E-state index in [1.807, 2.05) is 6.92 Å². The van der Waals surface area contributed by atoms with Crippen molar-refractivity contribution in [3.05, 3.63) is 0 Å². The van der Waals surface area contributed by atoms with Gasteiger partial charge in [-0.05, 0) is 37.5 Å². The summed E-state index contributed by atoms with van der Waals surface area (Å²) in [6.07, 6.45) is 3.47. The molecule has 1 saturated carbocycles. The normalized spacial score (nSPS) is 43.5. The molecule has 12 heavy (non-hydrogen) atoms. The number of rotatable bonds is 1. The molecular formula is C11H22O. The van der Waals surface area contributed by atoms with E-state index in [9.17, 15) is 5.11 Å². The van der Waals surface area contributed by atoms with Gasteiger partial charge < -0.3 is 5.11 Å². The molecule has 0 spiro atoms. The van der Waals surface area contributed by atoms with Crippen molar-refractivity contribution in [2.24, 2.45) is 17.8 Å². The Bertz CT molecular complexity index is 149. The first-order valence-electron chi connectivity index (χ1n) is 5.16. The number of hydrogen-bond donors (Lipinski definition) is 1. The van der Waals surface area contributed by atoms with E-state index in [0.29, 0.717) is 17.8 Å². The van der Waals surface area contributed by atoms with Crippen LogP contribution < -0.4 is 0 Å². The van der Waals surface area contributed by atoms with Crippen LogP contribution in [0.25, 0.3) is 0 Å². The van der Waals surface area contributed by atoms with E-state index in [1.165, 1.54) is 12.8 Å². The van der Waals surface area contributed by atoms with Crippen LogP contribution in [0.1, 0.15) is 47.0 Å². The fourth-order valence-electron chi connectivity index (χ4n) is 2.79. The van der Waals surface area contributed by atoms with Gasteiger partial charge in [0.15, 0.2) is 0 Å². The van der Waals surface area contributed by atoms with E-state index >= 15 is 0 Å². The highest BCUT2D eigenvalue weighted by Crippen LogP contribution is 2.40. The molecule has 1 N–H and O–H groups in total. The molecule has 1 nitrogen and oxygen atoms in total. The first-order valence-corrected chi connectivity index (χ1v) is 5.16. The Morgan fingerprint density at radius 3 is 2.33 bits per heavy atom. The van der Waals surface area contributed by atoms with Gasteiger partial charge in [0.2, 0.25) is 0 Å². The SMILES string of the molecule is CC(C)[C@H]1CC[C@H](C)C[C@]1(C)O. The summed E-state index contributed by atoms with van der Waals surface area (Å²) in [5, 5.41) is 10.2. The smallest absolute Gasteiger partial charge is 0.0652 e. The molecule has 0 aromatic heterocycles. The zero-order valence-corrected chi connectivity index (χ0v) is 8.80. The van der Waals surface area contributed by atoms with Crippen LogP contribution in [0.3, 0.4) is 0 Å². The molecule has 0 radical (unpaired) electrons. The second-order valence-corrected chi connectivity index (χ2v) is 5.09. The highest BCUT2D eigenvalue weighted by Gasteiger charge is 2.38. The zero-order valence-electron chi connectivity index (χ0n) is 8.80. The molecule has 72 valence electrons. The largest absolute Gasteiger partial charge is 0.390 e. The maximum atomic E-state index is 10.2. The second kappa shape index (κ2) is 3.37. The molecule has 1 fully saturated rings. The van der Waals surface area contributed by atoms with Crippen LogP contribution in [0.5, 0.6) is 0 Å². The van der Waals surface area contributed by atoms with Crippen LogP contribution >= 0.6 is 0 Å². The summed E-state index contributed by atoms with van der Waals surface area (Å²) in [6, 6.07) is 0. The van der Waals surface area contributed by atoms with E-state index in [0.717, 1.165) is 6.42 Å². The third-order valence-corrected chi connectivity index (χ3v) is 3.34. The van der Waals surface area contributed by atoms with Crippen molar-refractivity contribution in [3.63, 3.8) is 0 Å². The lowest BCUT2D eigenvalue weighted by Gasteiger charge is -2.42. The Balaban J connectivity index is 2.64. The molecule has 3 atom stereocenters. The molecule has 0 aliphatic heterocycles. The van der Waals surface area contributed by atoms with Gasteiger partial charge in [0.05, 0.1) is 5.60 Å². The predicted molar refractivity (Wildman–Crippen MR) is 52.0 cm³/mol. The Labute approximate surface area is 76.2 Å². The lowest BCUT2D eigenvalue weighted by atomic mass is 9.68. The molecule has 0 bridgehead atoms. The predicted octanol–water partition coefficient (Wildman–Crippen LogP) is 2.83. The average molecular weight is 170 g/mol. The fraction of sp³-hybridized carbons (Fsp3) is 1.00. The lowest BCUT2D eigenvalue weighted by molar-refractivity contribution is -0.0649. The maximum Gasteiger partial charge on any atom is 0.0652 e. The summed E-state index contributed by atoms with van der Waals surface area (Å²) in [5.41, 5.74) is -0.411. The van der Waals surface area contributed by atoms with Gasteiger partial charge in [-0.25, -0.2) is 0 Å². The van der Waals surface area contributed by atoms with Crippen molar-refractivity contribution >= 4 is 0 Å². The summed E-state index contributed by atoms with van der Waals surface area (Å²) in [4.78, 5) is 0. The van der Waals surface area contributed by atoms with Gasteiger partial charge in [-0.15, -0.1) is 0 Å².